The van der Waals surface area contributed by atoms with Gasteiger partial charge in [-0.25, -0.2) is 15.0 Å². The van der Waals surface area contributed by atoms with Crippen LogP contribution in [0.3, 0.4) is 0 Å². The van der Waals surface area contributed by atoms with Gasteiger partial charge in [0.05, 0.1) is 12.9 Å². The minimum absolute atomic E-state index is 0.0574. The topological polar surface area (TPSA) is 83.9 Å². The number of hydrogen-bond acceptors (Lipinski definition) is 5. The molecule has 0 saturated heterocycles. The average Bonchev–Trinajstić information content (AvgIpc) is 3.31. The minimum Gasteiger partial charge on any atom is -0.493 e. The lowest BCUT2D eigenvalue weighted by Gasteiger charge is -2.18. The molecule has 1 aliphatic heterocycles. The number of aliphatic hydroxyl groups is 1. The number of rotatable bonds is 5. The number of hydrogen-bond donors (Lipinski definition) is 2. The lowest BCUT2D eigenvalue weighted by atomic mass is 9.89. The fourth-order valence-electron chi connectivity index (χ4n) is 3.20. The van der Waals surface area contributed by atoms with Crippen LogP contribution in [0.1, 0.15) is 34.3 Å². The van der Waals surface area contributed by atoms with Gasteiger partial charge in [-0.15, -0.1) is 0 Å². The Morgan fingerprint density at radius 3 is 3.08 bits per heavy atom. The van der Waals surface area contributed by atoms with Gasteiger partial charge < -0.3 is 14.8 Å². The van der Waals surface area contributed by atoms with Crippen molar-refractivity contribution >= 4 is 0 Å². The summed E-state index contributed by atoms with van der Waals surface area (Å²) in [5.74, 6) is 1.47. The largest absolute Gasteiger partial charge is 0.493 e. The van der Waals surface area contributed by atoms with E-state index in [1.165, 1.54) is 5.56 Å². The molecular formula is C18H18N4O2. The summed E-state index contributed by atoms with van der Waals surface area (Å²) in [6, 6.07) is 8.17. The Morgan fingerprint density at radius 1 is 1.29 bits per heavy atom. The van der Waals surface area contributed by atoms with E-state index in [0.717, 1.165) is 35.7 Å². The van der Waals surface area contributed by atoms with Crippen LogP contribution < -0.4 is 4.74 Å². The first-order chi connectivity index (χ1) is 11.8. The van der Waals surface area contributed by atoms with Crippen LogP contribution in [0.15, 0.2) is 43.0 Å². The van der Waals surface area contributed by atoms with Gasteiger partial charge in [0.25, 0.3) is 0 Å². The maximum atomic E-state index is 9.26. The summed E-state index contributed by atoms with van der Waals surface area (Å²) in [4.78, 5) is 15.9. The predicted molar refractivity (Wildman–Crippen MR) is 87.7 cm³/mol. The highest BCUT2D eigenvalue weighted by Crippen LogP contribution is 2.38. The zero-order valence-electron chi connectivity index (χ0n) is 13.1. The first-order valence-electron chi connectivity index (χ1n) is 7.99. The van der Waals surface area contributed by atoms with Crippen LogP contribution in [-0.4, -0.2) is 31.6 Å². The Balaban J connectivity index is 1.74. The number of H-pyrrole nitrogens is 1. The zero-order chi connectivity index (χ0) is 16.4. The van der Waals surface area contributed by atoms with E-state index in [4.69, 9.17) is 4.74 Å². The van der Waals surface area contributed by atoms with E-state index in [1.807, 2.05) is 12.3 Å². The molecule has 24 heavy (non-hydrogen) atoms. The monoisotopic (exact) mass is 322 g/mol. The van der Waals surface area contributed by atoms with Gasteiger partial charge in [-0.2, -0.15) is 0 Å². The molecule has 0 radical (unpaired) electrons. The van der Waals surface area contributed by atoms with E-state index in [2.05, 4.69) is 38.1 Å². The Kier molecular flexibility index (Phi) is 3.96. The highest BCUT2D eigenvalue weighted by molar-refractivity contribution is 5.48. The molecule has 3 aromatic rings. The van der Waals surface area contributed by atoms with Gasteiger partial charge in [-0.3, -0.25) is 0 Å². The zero-order valence-corrected chi connectivity index (χ0v) is 13.1. The molecule has 2 aromatic heterocycles. The number of nitrogens with zero attached hydrogens (tertiary/aromatic N) is 3. The van der Waals surface area contributed by atoms with Crippen LogP contribution in [0, 0.1) is 0 Å². The maximum Gasteiger partial charge on any atom is 0.153 e. The summed E-state index contributed by atoms with van der Waals surface area (Å²) < 4.78 is 5.88. The molecular weight excluding hydrogens is 304 g/mol. The van der Waals surface area contributed by atoms with Gasteiger partial charge in [-0.05, 0) is 11.6 Å². The molecule has 1 aliphatic rings. The Morgan fingerprint density at radius 2 is 2.25 bits per heavy atom. The molecule has 0 saturated carbocycles. The van der Waals surface area contributed by atoms with Crippen molar-refractivity contribution in [3.63, 3.8) is 0 Å². The van der Waals surface area contributed by atoms with Crippen LogP contribution in [0.5, 0.6) is 5.75 Å². The van der Waals surface area contributed by atoms with Crippen LogP contribution in [-0.2, 0) is 19.4 Å². The number of benzene rings is 1. The highest BCUT2D eigenvalue weighted by atomic mass is 16.5. The first-order valence-corrected chi connectivity index (χ1v) is 7.99. The van der Waals surface area contributed by atoms with E-state index >= 15 is 0 Å². The molecule has 1 unspecified atom stereocenters. The van der Waals surface area contributed by atoms with E-state index in [-0.39, 0.29) is 12.5 Å². The number of para-hydroxylation sites is 1. The summed E-state index contributed by atoms with van der Waals surface area (Å²) in [5.41, 5.74) is 4.28. The van der Waals surface area contributed by atoms with Gasteiger partial charge in [0.1, 0.15) is 12.4 Å². The number of aliphatic hydroxyl groups excluding tert-OH is 1. The average molecular weight is 322 g/mol. The van der Waals surface area contributed by atoms with Gasteiger partial charge in [0.2, 0.25) is 0 Å². The van der Waals surface area contributed by atoms with Crippen LogP contribution in [0.2, 0.25) is 0 Å². The molecule has 0 aliphatic carbocycles. The second-order valence-corrected chi connectivity index (χ2v) is 5.82. The molecule has 3 heterocycles. The summed E-state index contributed by atoms with van der Waals surface area (Å²) >= 11 is 0. The molecule has 1 aromatic carbocycles. The van der Waals surface area contributed by atoms with Gasteiger partial charge in [-0.1, -0.05) is 18.2 Å². The van der Waals surface area contributed by atoms with Crippen molar-refractivity contribution in [3.05, 3.63) is 71.3 Å². The number of aromatic nitrogens is 4. The van der Waals surface area contributed by atoms with Crippen molar-refractivity contribution in [2.75, 3.05) is 6.61 Å². The second kappa shape index (κ2) is 6.41. The smallest absolute Gasteiger partial charge is 0.153 e. The molecule has 2 N–H and O–H groups in total. The van der Waals surface area contributed by atoms with E-state index in [9.17, 15) is 5.11 Å². The molecule has 6 heteroatoms. The molecule has 122 valence electrons. The summed E-state index contributed by atoms with van der Waals surface area (Å²) in [6.45, 7) is 0.566. The van der Waals surface area contributed by atoms with Crippen LogP contribution >= 0.6 is 0 Å². The third-order valence-electron chi connectivity index (χ3n) is 4.33. The first kappa shape index (κ1) is 14.8. The molecule has 0 fully saturated rings. The van der Waals surface area contributed by atoms with Crippen molar-refractivity contribution in [2.45, 2.75) is 25.4 Å². The number of fused-ring (bicyclic) bond motifs is 1. The summed E-state index contributed by atoms with van der Waals surface area (Å²) in [7, 11) is 0. The third-order valence-corrected chi connectivity index (χ3v) is 4.33. The number of nitrogens with one attached hydrogen (secondary N) is 1. The van der Waals surface area contributed by atoms with E-state index in [1.54, 1.807) is 12.5 Å². The lowest BCUT2D eigenvalue weighted by molar-refractivity contribution is 0.270. The maximum absolute atomic E-state index is 9.26. The van der Waals surface area contributed by atoms with Crippen LogP contribution in [0.4, 0.5) is 0 Å². The predicted octanol–water partition coefficient (Wildman–Crippen LogP) is 2.00. The summed E-state index contributed by atoms with van der Waals surface area (Å²) in [5, 5.41) is 9.26. The fraction of sp³-hybridized carbons (Fsp3) is 0.278. The third kappa shape index (κ3) is 2.76. The number of ether oxygens (including phenoxy) is 1. The highest BCUT2D eigenvalue weighted by Gasteiger charge is 2.25. The fourth-order valence-corrected chi connectivity index (χ4v) is 3.20. The van der Waals surface area contributed by atoms with E-state index in [0.29, 0.717) is 12.2 Å². The number of aromatic amines is 1. The Labute approximate surface area is 139 Å². The van der Waals surface area contributed by atoms with Crippen molar-refractivity contribution < 1.29 is 9.84 Å². The van der Waals surface area contributed by atoms with Gasteiger partial charge in [0, 0.05) is 48.1 Å². The Hall–Kier alpha value is -2.73. The van der Waals surface area contributed by atoms with Gasteiger partial charge in [0.15, 0.2) is 5.82 Å². The normalized spacial score (nSPS) is 14.2. The standard InChI is InChI=1S/C18H18N4O2/c23-10-17-20-6-4-13(22-17)8-15(16-9-19-11-21-16)14-3-1-2-12-5-7-24-18(12)14/h1-4,6,9,11,15,23H,5,7-8,10H2,(H,19,21). The van der Waals surface area contributed by atoms with Crippen molar-refractivity contribution in [1.29, 1.82) is 0 Å². The quantitative estimate of drug-likeness (QED) is 0.750. The lowest BCUT2D eigenvalue weighted by Crippen LogP contribution is -2.09. The molecule has 6 nitrogen and oxygen atoms in total. The SMILES string of the molecule is OCc1nccc(CC(c2cnc[nH]2)c2cccc3c2OCC3)n1. The Bertz CT molecular complexity index is 833. The van der Waals surface area contributed by atoms with Gasteiger partial charge >= 0.3 is 0 Å². The molecule has 4 rings (SSSR count). The molecule has 0 spiro atoms. The minimum atomic E-state index is -0.160. The van der Waals surface area contributed by atoms with Crippen molar-refractivity contribution in [1.82, 2.24) is 19.9 Å². The number of imidazole rings is 1. The molecule has 0 amide bonds. The van der Waals surface area contributed by atoms with Crippen molar-refractivity contribution in [3.8, 4) is 5.75 Å². The van der Waals surface area contributed by atoms with E-state index < -0.39 is 0 Å². The van der Waals surface area contributed by atoms with Crippen LogP contribution in [0.25, 0.3) is 0 Å². The molecule has 1 atom stereocenters. The molecule has 0 bridgehead atoms. The summed E-state index contributed by atoms with van der Waals surface area (Å²) in [6.07, 6.45) is 6.83. The second-order valence-electron chi connectivity index (χ2n) is 5.82. The van der Waals surface area contributed by atoms with Crippen molar-refractivity contribution in [2.24, 2.45) is 0 Å².